The van der Waals surface area contributed by atoms with Gasteiger partial charge in [0, 0.05) is 36.6 Å². The zero-order chi connectivity index (χ0) is 21.0. The van der Waals surface area contributed by atoms with E-state index in [0.29, 0.717) is 5.56 Å². The third kappa shape index (κ3) is 5.46. The zero-order valence-electron chi connectivity index (χ0n) is 15.5. The Morgan fingerprint density at radius 1 is 0.964 bits per heavy atom. The molecule has 0 unspecified atom stereocenters. The summed E-state index contributed by atoms with van der Waals surface area (Å²) in [5.41, 5.74) is 0.666. The maximum Gasteiger partial charge on any atom is 0.194 e. The average molecular weight is 398 g/mol. The average Bonchev–Trinajstić information content (AvgIpc) is 2.58. The van der Waals surface area contributed by atoms with Crippen LogP contribution in [0.2, 0.25) is 0 Å². The highest BCUT2D eigenvalue weighted by molar-refractivity contribution is 5.77. The third-order valence-electron chi connectivity index (χ3n) is 3.88. The molecule has 2 atom stereocenters. The molecule has 8 heteroatoms. The first-order chi connectivity index (χ1) is 13.1. The Kier molecular flexibility index (Phi) is 7.04. The van der Waals surface area contributed by atoms with Crippen LogP contribution in [0.15, 0.2) is 36.9 Å². The Bertz CT molecular complexity index is 823. The molecule has 0 amide bonds. The summed E-state index contributed by atoms with van der Waals surface area (Å²) in [6.07, 6.45) is -1.54. The van der Waals surface area contributed by atoms with Gasteiger partial charge in [0.15, 0.2) is 17.5 Å². The van der Waals surface area contributed by atoms with Gasteiger partial charge < -0.3 is 20.4 Å². The number of nitrogens with zero attached hydrogens (tertiary/aromatic N) is 1. The Balaban J connectivity index is 2.31. The number of rotatable bonds is 8. The highest BCUT2D eigenvalue weighted by atomic mass is 19.2. The van der Waals surface area contributed by atoms with Gasteiger partial charge in [-0.3, -0.25) is 0 Å². The van der Waals surface area contributed by atoms with Crippen LogP contribution in [0.4, 0.5) is 28.9 Å². The van der Waals surface area contributed by atoms with Crippen LogP contribution < -0.4 is 10.2 Å². The molecule has 0 aliphatic carbocycles. The number of halogens is 4. The van der Waals surface area contributed by atoms with Gasteiger partial charge in [-0.05, 0) is 37.6 Å². The van der Waals surface area contributed by atoms with Crippen molar-refractivity contribution in [1.29, 1.82) is 0 Å². The minimum Gasteiger partial charge on any atom is -0.392 e. The van der Waals surface area contributed by atoms with Crippen molar-refractivity contribution in [1.82, 2.24) is 0 Å². The molecular formula is C20H22F4N2O2. The van der Waals surface area contributed by atoms with Crippen LogP contribution in [-0.4, -0.2) is 35.5 Å². The Morgan fingerprint density at radius 2 is 1.50 bits per heavy atom. The Labute approximate surface area is 160 Å². The summed E-state index contributed by atoms with van der Waals surface area (Å²) in [4.78, 5) is 1.48. The lowest BCUT2D eigenvalue weighted by atomic mass is 10.1. The second kappa shape index (κ2) is 9.07. The smallest absolute Gasteiger partial charge is 0.194 e. The molecule has 0 fully saturated rings. The van der Waals surface area contributed by atoms with Crippen LogP contribution in [-0.2, 0) is 0 Å². The first-order valence-corrected chi connectivity index (χ1v) is 8.60. The number of benzene rings is 2. The van der Waals surface area contributed by atoms with Gasteiger partial charge in [-0.1, -0.05) is 6.58 Å². The summed E-state index contributed by atoms with van der Waals surface area (Å²) >= 11 is 0. The summed E-state index contributed by atoms with van der Waals surface area (Å²) < 4.78 is 54.2. The van der Waals surface area contributed by atoms with Gasteiger partial charge in [0.2, 0.25) is 0 Å². The second-order valence-corrected chi connectivity index (χ2v) is 6.63. The molecule has 0 radical (unpaired) electrons. The molecule has 0 heterocycles. The lowest BCUT2D eigenvalue weighted by Gasteiger charge is -2.28. The summed E-state index contributed by atoms with van der Waals surface area (Å²) in [7, 11) is 0. The fourth-order valence-corrected chi connectivity index (χ4v) is 2.73. The lowest BCUT2D eigenvalue weighted by molar-refractivity contribution is 0.178. The molecule has 2 aromatic carbocycles. The Hall–Kier alpha value is -2.58. The molecule has 0 saturated heterocycles. The number of nitrogens with one attached hydrogen (secondary N) is 1. The molecule has 0 aliphatic heterocycles. The van der Waals surface area contributed by atoms with Crippen LogP contribution >= 0.6 is 0 Å². The van der Waals surface area contributed by atoms with E-state index in [1.807, 2.05) is 0 Å². The van der Waals surface area contributed by atoms with Crippen molar-refractivity contribution in [2.75, 3.05) is 23.3 Å². The van der Waals surface area contributed by atoms with Crippen LogP contribution in [0.5, 0.6) is 0 Å². The van der Waals surface area contributed by atoms with E-state index in [-0.39, 0.29) is 30.2 Å². The number of aliphatic hydroxyl groups excluding tert-OH is 2. The van der Waals surface area contributed by atoms with Crippen LogP contribution in [0.3, 0.4) is 0 Å². The predicted molar refractivity (Wildman–Crippen MR) is 101 cm³/mol. The van der Waals surface area contributed by atoms with Gasteiger partial charge in [0.05, 0.1) is 17.9 Å². The first-order valence-electron chi connectivity index (χ1n) is 8.60. The number of hydrogen-bond donors (Lipinski definition) is 3. The molecule has 0 bridgehead atoms. The van der Waals surface area contributed by atoms with Crippen molar-refractivity contribution >= 4 is 17.1 Å². The summed E-state index contributed by atoms with van der Waals surface area (Å²) in [5, 5.41) is 22.0. The number of hydrogen-bond acceptors (Lipinski definition) is 4. The van der Waals surface area contributed by atoms with Gasteiger partial charge in [0.25, 0.3) is 0 Å². The molecule has 152 valence electrons. The largest absolute Gasteiger partial charge is 0.392 e. The molecule has 0 spiro atoms. The van der Waals surface area contributed by atoms with E-state index < -0.39 is 35.5 Å². The van der Waals surface area contributed by atoms with Crippen molar-refractivity contribution in [3.05, 3.63) is 65.7 Å². The molecule has 2 aromatic rings. The minimum atomic E-state index is -1.58. The van der Waals surface area contributed by atoms with Crippen molar-refractivity contribution in [2.45, 2.75) is 26.1 Å². The SMILES string of the molecule is C=C(Nc1cc(F)c(F)c(F)c1)c1ccc(F)c(N(C[C@H](C)O)C[C@@H](C)O)c1. The fourth-order valence-electron chi connectivity index (χ4n) is 2.73. The van der Waals surface area contributed by atoms with Gasteiger partial charge in [-0.2, -0.15) is 0 Å². The standard InChI is InChI=1S/C20H22F4N2O2/c1-11(27)9-26(10-12(2)28)19-6-14(4-5-16(19)21)13(3)25-15-7-17(22)20(24)18(23)8-15/h4-8,11-12,25,27-28H,3,9-10H2,1-2H3/t11-,12+. The van der Waals surface area contributed by atoms with Crippen LogP contribution in [0.1, 0.15) is 19.4 Å². The highest BCUT2D eigenvalue weighted by Crippen LogP contribution is 2.27. The molecule has 4 nitrogen and oxygen atoms in total. The van der Waals surface area contributed by atoms with Crippen LogP contribution in [0.25, 0.3) is 5.70 Å². The van der Waals surface area contributed by atoms with Gasteiger partial charge in [-0.25, -0.2) is 17.6 Å². The molecule has 3 N–H and O–H groups in total. The van der Waals surface area contributed by atoms with Crippen molar-refractivity contribution in [3.8, 4) is 0 Å². The van der Waals surface area contributed by atoms with Crippen molar-refractivity contribution < 1.29 is 27.8 Å². The van der Waals surface area contributed by atoms with Crippen molar-refractivity contribution in [3.63, 3.8) is 0 Å². The summed E-state index contributed by atoms with van der Waals surface area (Å²) in [5.74, 6) is -4.85. The zero-order valence-corrected chi connectivity index (χ0v) is 15.5. The summed E-state index contributed by atoms with van der Waals surface area (Å²) in [6.45, 7) is 7.00. The fraction of sp³-hybridized carbons (Fsp3) is 0.300. The van der Waals surface area contributed by atoms with E-state index in [9.17, 15) is 27.8 Å². The molecule has 2 rings (SSSR count). The van der Waals surface area contributed by atoms with Crippen LogP contribution in [0, 0.1) is 23.3 Å². The van der Waals surface area contributed by atoms with Gasteiger partial charge >= 0.3 is 0 Å². The quantitative estimate of drug-likeness (QED) is 0.467. The monoisotopic (exact) mass is 398 g/mol. The van der Waals surface area contributed by atoms with E-state index in [1.54, 1.807) is 0 Å². The van der Waals surface area contributed by atoms with E-state index in [4.69, 9.17) is 0 Å². The summed E-state index contributed by atoms with van der Waals surface area (Å²) in [6, 6.07) is 5.59. The lowest BCUT2D eigenvalue weighted by Crippen LogP contribution is -2.37. The van der Waals surface area contributed by atoms with Gasteiger partial charge in [0.1, 0.15) is 5.82 Å². The first kappa shape index (κ1) is 21.7. The van der Waals surface area contributed by atoms with E-state index in [2.05, 4.69) is 11.9 Å². The number of aliphatic hydroxyl groups is 2. The predicted octanol–water partition coefficient (Wildman–Crippen LogP) is 3.89. The molecule has 28 heavy (non-hydrogen) atoms. The van der Waals surface area contributed by atoms with Gasteiger partial charge in [-0.15, -0.1) is 0 Å². The van der Waals surface area contributed by atoms with E-state index >= 15 is 0 Å². The maximum absolute atomic E-state index is 14.4. The normalized spacial score (nSPS) is 13.1. The van der Waals surface area contributed by atoms with E-state index in [1.165, 1.54) is 36.9 Å². The highest BCUT2D eigenvalue weighted by Gasteiger charge is 2.17. The molecule has 0 aromatic heterocycles. The minimum absolute atomic E-state index is 0.0582. The second-order valence-electron chi connectivity index (χ2n) is 6.63. The molecule has 0 saturated carbocycles. The molecule has 0 aliphatic rings. The number of anilines is 2. The topological polar surface area (TPSA) is 55.7 Å². The molecular weight excluding hydrogens is 376 g/mol. The maximum atomic E-state index is 14.4. The van der Waals surface area contributed by atoms with Crippen molar-refractivity contribution in [2.24, 2.45) is 0 Å². The van der Waals surface area contributed by atoms with E-state index in [0.717, 1.165) is 12.1 Å². The third-order valence-corrected chi connectivity index (χ3v) is 3.88. The Morgan fingerprint density at radius 3 is 2.00 bits per heavy atom.